The van der Waals surface area contributed by atoms with Gasteiger partial charge in [-0.05, 0) is 32.6 Å². The predicted octanol–water partition coefficient (Wildman–Crippen LogP) is 2.14. The van der Waals surface area contributed by atoms with E-state index in [1.165, 1.54) is 19.2 Å². The van der Waals surface area contributed by atoms with Crippen LogP contribution in [-0.4, -0.2) is 14.5 Å². The number of nitrogen functional groups attached to an aromatic ring is 1. The molecule has 3 rings (SSSR count). The van der Waals surface area contributed by atoms with E-state index in [1.807, 2.05) is 6.20 Å². The van der Waals surface area contributed by atoms with Crippen LogP contribution < -0.4 is 5.73 Å². The van der Waals surface area contributed by atoms with E-state index in [0.717, 1.165) is 16.6 Å². The molecule has 18 heavy (non-hydrogen) atoms. The lowest BCUT2D eigenvalue weighted by Crippen LogP contribution is -2.28. The van der Waals surface area contributed by atoms with Crippen LogP contribution in [0.1, 0.15) is 32.3 Å². The van der Waals surface area contributed by atoms with Crippen molar-refractivity contribution in [1.82, 2.24) is 14.5 Å². The minimum absolute atomic E-state index is 0.0220. The van der Waals surface area contributed by atoms with Crippen molar-refractivity contribution in [3.05, 3.63) is 18.1 Å². The quantitative estimate of drug-likeness (QED) is 0.818. The summed E-state index contributed by atoms with van der Waals surface area (Å²) in [6, 6.07) is 0. The fourth-order valence-electron chi connectivity index (χ4n) is 2.62. The molecule has 1 aliphatic rings. The van der Waals surface area contributed by atoms with Crippen molar-refractivity contribution in [3.8, 4) is 12.3 Å². The fourth-order valence-corrected chi connectivity index (χ4v) is 2.62. The second-order valence-electron chi connectivity index (χ2n) is 5.44. The molecule has 4 nitrogen and oxygen atoms in total. The van der Waals surface area contributed by atoms with Gasteiger partial charge in [0.05, 0.1) is 10.9 Å². The van der Waals surface area contributed by atoms with Gasteiger partial charge in [-0.25, -0.2) is 9.97 Å². The normalized spacial score (nSPS) is 15.8. The molecule has 1 fully saturated rings. The first-order valence-corrected chi connectivity index (χ1v) is 6.14. The zero-order valence-corrected chi connectivity index (χ0v) is 10.6. The predicted molar refractivity (Wildman–Crippen MR) is 71.9 cm³/mol. The van der Waals surface area contributed by atoms with Gasteiger partial charge in [-0.2, -0.15) is 0 Å². The lowest BCUT2D eigenvalue weighted by molar-refractivity contribution is 0.313. The van der Waals surface area contributed by atoms with Gasteiger partial charge >= 0.3 is 0 Å². The lowest BCUT2D eigenvalue weighted by atomic mass is 9.98. The van der Waals surface area contributed by atoms with Gasteiger partial charge in [0.25, 0.3) is 0 Å². The van der Waals surface area contributed by atoms with Crippen LogP contribution in [0.3, 0.4) is 0 Å². The minimum Gasteiger partial charge on any atom is -0.383 e. The molecule has 0 saturated heterocycles. The molecule has 1 saturated carbocycles. The summed E-state index contributed by atoms with van der Waals surface area (Å²) < 4.78 is 2.16. The molecule has 92 valence electrons. The van der Waals surface area contributed by atoms with Gasteiger partial charge in [-0.1, -0.05) is 5.92 Å². The Bertz CT molecular complexity index is 656. The number of nitrogens with zero attached hydrogens (tertiary/aromatic N) is 3. The second-order valence-corrected chi connectivity index (χ2v) is 5.44. The third kappa shape index (κ3) is 1.40. The molecule has 2 aromatic rings. The van der Waals surface area contributed by atoms with E-state index in [0.29, 0.717) is 11.7 Å². The molecule has 0 atom stereocenters. The van der Waals surface area contributed by atoms with Crippen LogP contribution in [-0.2, 0) is 5.54 Å². The largest absolute Gasteiger partial charge is 0.383 e. The average Bonchev–Trinajstić information content (AvgIpc) is 3.11. The van der Waals surface area contributed by atoms with Crippen LogP contribution in [0.15, 0.2) is 12.5 Å². The van der Waals surface area contributed by atoms with Gasteiger partial charge in [0, 0.05) is 11.7 Å². The maximum absolute atomic E-state index is 5.92. The molecule has 0 bridgehead atoms. The van der Waals surface area contributed by atoms with Crippen LogP contribution in [0.25, 0.3) is 11.0 Å². The third-order valence-electron chi connectivity index (χ3n) is 3.97. The summed E-state index contributed by atoms with van der Waals surface area (Å²) in [5, 5.41) is 0.800. The maximum atomic E-state index is 5.92. The summed E-state index contributed by atoms with van der Waals surface area (Å²) >= 11 is 0. The van der Waals surface area contributed by atoms with Crippen LogP contribution in [0.2, 0.25) is 0 Å². The van der Waals surface area contributed by atoms with Gasteiger partial charge in [-0.3, -0.25) is 0 Å². The first kappa shape index (κ1) is 11.1. The fraction of sp³-hybridized carbons (Fsp3) is 0.429. The van der Waals surface area contributed by atoms with Crippen LogP contribution in [0.4, 0.5) is 5.82 Å². The van der Waals surface area contributed by atoms with Crippen molar-refractivity contribution in [2.24, 2.45) is 5.92 Å². The molecule has 0 aliphatic heterocycles. The van der Waals surface area contributed by atoms with Crippen molar-refractivity contribution < 1.29 is 0 Å². The molecule has 2 aromatic heterocycles. The molecule has 2 N–H and O–H groups in total. The molecular formula is C14H16N4. The number of rotatable bonds is 2. The van der Waals surface area contributed by atoms with Crippen LogP contribution in [0, 0.1) is 18.3 Å². The summed E-state index contributed by atoms with van der Waals surface area (Å²) in [5.41, 5.74) is 7.56. The molecular weight excluding hydrogens is 224 g/mol. The second kappa shape index (κ2) is 3.49. The van der Waals surface area contributed by atoms with Crippen molar-refractivity contribution in [2.75, 3.05) is 5.73 Å². The van der Waals surface area contributed by atoms with E-state index in [4.69, 9.17) is 12.2 Å². The first-order chi connectivity index (χ1) is 8.55. The van der Waals surface area contributed by atoms with E-state index in [2.05, 4.69) is 34.3 Å². The highest BCUT2D eigenvalue weighted by molar-refractivity contribution is 5.92. The van der Waals surface area contributed by atoms with Crippen molar-refractivity contribution >= 4 is 16.9 Å². The highest BCUT2D eigenvalue weighted by atomic mass is 15.1. The van der Waals surface area contributed by atoms with Crippen LogP contribution in [0.5, 0.6) is 0 Å². The van der Waals surface area contributed by atoms with Crippen molar-refractivity contribution in [1.29, 1.82) is 0 Å². The maximum Gasteiger partial charge on any atom is 0.147 e. The molecule has 0 spiro atoms. The Hall–Kier alpha value is -2.02. The number of nitrogens with two attached hydrogens (primary N) is 1. The number of hydrogen-bond donors (Lipinski definition) is 1. The van der Waals surface area contributed by atoms with Crippen LogP contribution >= 0.6 is 0 Å². The standard InChI is InChI=1S/C14H16N4/c1-4-9-7-18(14(2,3)10-5-6-10)13-11(9)12(15)16-8-17-13/h1,7-8,10H,5-6H2,2-3H3,(H2,15,16,17). The van der Waals surface area contributed by atoms with Crippen molar-refractivity contribution in [2.45, 2.75) is 32.2 Å². The molecule has 0 amide bonds. The van der Waals surface area contributed by atoms with E-state index in [9.17, 15) is 0 Å². The molecule has 0 aromatic carbocycles. The van der Waals surface area contributed by atoms with E-state index >= 15 is 0 Å². The Labute approximate surface area is 106 Å². The smallest absolute Gasteiger partial charge is 0.147 e. The van der Waals surface area contributed by atoms with E-state index < -0.39 is 0 Å². The summed E-state index contributed by atoms with van der Waals surface area (Å²) in [6.45, 7) is 4.45. The van der Waals surface area contributed by atoms with Gasteiger partial charge in [-0.15, -0.1) is 6.42 Å². The first-order valence-electron chi connectivity index (χ1n) is 6.14. The number of anilines is 1. The summed E-state index contributed by atoms with van der Waals surface area (Å²) in [7, 11) is 0. The SMILES string of the molecule is C#Cc1cn(C(C)(C)C2CC2)c2ncnc(N)c12. The topological polar surface area (TPSA) is 56.7 Å². The molecule has 4 heteroatoms. The van der Waals surface area contributed by atoms with E-state index in [1.54, 1.807) is 0 Å². The van der Waals surface area contributed by atoms with Gasteiger partial charge < -0.3 is 10.3 Å². The summed E-state index contributed by atoms with van der Waals surface area (Å²) in [5.74, 6) is 3.83. The van der Waals surface area contributed by atoms with Gasteiger partial charge in [0.2, 0.25) is 0 Å². The number of hydrogen-bond acceptors (Lipinski definition) is 3. The Kier molecular flexibility index (Phi) is 2.15. The molecule has 0 radical (unpaired) electrons. The third-order valence-corrected chi connectivity index (χ3v) is 3.97. The Morgan fingerprint density at radius 1 is 1.44 bits per heavy atom. The van der Waals surface area contributed by atoms with Gasteiger partial charge in [0.1, 0.15) is 17.8 Å². The monoisotopic (exact) mass is 240 g/mol. The van der Waals surface area contributed by atoms with Crippen molar-refractivity contribution in [3.63, 3.8) is 0 Å². The minimum atomic E-state index is 0.0220. The van der Waals surface area contributed by atoms with Gasteiger partial charge in [0.15, 0.2) is 0 Å². The Balaban J connectivity index is 2.31. The zero-order chi connectivity index (χ0) is 12.9. The summed E-state index contributed by atoms with van der Waals surface area (Å²) in [4.78, 5) is 8.39. The Morgan fingerprint density at radius 2 is 2.17 bits per heavy atom. The average molecular weight is 240 g/mol. The number of terminal acetylenes is 1. The highest BCUT2D eigenvalue weighted by Gasteiger charge is 2.40. The molecule has 0 unspecified atom stereocenters. The summed E-state index contributed by atoms with van der Waals surface area (Å²) in [6.07, 6.45) is 11.6. The Morgan fingerprint density at radius 3 is 2.78 bits per heavy atom. The lowest BCUT2D eigenvalue weighted by Gasteiger charge is -2.27. The van der Waals surface area contributed by atoms with E-state index in [-0.39, 0.29) is 5.54 Å². The number of aromatic nitrogens is 3. The molecule has 1 aliphatic carbocycles. The highest BCUT2D eigenvalue weighted by Crippen LogP contribution is 2.45. The molecule has 2 heterocycles. The zero-order valence-electron chi connectivity index (χ0n) is 10.6. The number of fused-ring (bicyclic) bond motifs is 1.